The summed E-state index contributed by atoms with van der Waals surface area (Å²) in [7, 11) is 0. The van der Waals surface area contributed by atoms with Crippen LogP contribution < -0.4 is 0 Å². The molecule has 0 heterocycles. The Labute approximate surface area is 44.9 Å². The lowest BCUT2D eigenvalue weighted by Gasteiger charge is -1.96. The molecule has 7 heavy (non-hydrogen) atoms. The molecule has 0 bridgehead atoms. The molecule has 0 aromatic rings. The van der Waals surface area contributed by atoms with Crippen molar-refractivity contribution in [3.8, 4) is 0 Å². The summed E-state index contributed by atoms with van der Waals surface area (Å²) >= 11 is 0. The molecule has 0 nitrogen and oxygen atoms in total. The maximum Gasteiger partial charge on any atom is -0.0294 e. The fourth-order valence-corrected chi connectivity index (χ4v) is 2.01. The van der Waals surface area contributed by atoms with Crippen LogP contribution in [0.15, 0.2) is 0 Å². The van der Waals surface area contributed by atoms with Crippen LogP contribution in [0.4, 0.5) is 0 Å². The van der Waals surface area contributed by atoms with Gasteiger partial charge in [0.15, 0.2) is 0 Å². The molecule has 0 N–H and O–H groups in total. The van der Waals surface area contributed by atoms with Crippen LogP contribution in [-0.4, -0.2) is 0 Å². The quantitative estimate of drug-likeness (QED) is 0.433. The third-order valence-corrected chi connectivity index (χ3v) is 2.84. The van der Waals surface area contributed by atoms with Crippen molar-refractivity contribution in [2.75, 3.05) is 0 Å². The lowest BCUT2D eigenvalue weighted by atomic mass is 10.1. The summed E-state index contributed by atoms with van der Waals surface area (Å²) in [4.78, 5) is 0. The summed E-state index contributed by atoms with van der Waals surface area (Å²) in [6, 6.07) is 0. The largest absolute Gasteiger partial charge is 0.0594 e. The van der Waals surface area contributed by atoms with E-state index in [0.29, 0.717) is 0 Å². The molecule has 0 aromatic heterocycles. The second-order valence-corrected chi connectivity index (χ2v) is 3.45. The molecular weight excluding hydrogens is 84.1 g/mol. The van der Waals surface area contributed by atoms with Gasteiger partial charge in [0, 0.05) is 0 Å². The van der Waals surface area contributed by atoms with E-state index in [1.807, 2.05) is 0 Å². The first-order chi connectivity index (χ1) is 3.31. The first-order valence-electron chi connectivity index (χ1n) is 3.31. The van der Waals surface area contributed by atoms with Gasteiger partial charge in [-0.05, 0) is 30.6 Å². The lowest BCUT2D eigenvalue weighted by Crippen LogP contribution is -1.85. The number of hydrogen-bond donors (Lipinski definition) is 0. The van der Waals surface area contributed by atoms with Crippen LogP contribution >= 0.6 is 0 Å². The molecule has 40 valence electrons. The first-order valence-corrected chi connectivity index (χ1v) is 3.31. The van der Waals surface area contributed by atoms with Crippen molar-refractivity contribution in [2.45, 2.75) is 32.6 Å². The average Bonchev–Trinajstić information content (AvgIpc) is 2.09. The number of hydrogen-bond acceptors (Lipinski definition) is 0. The van der Waals surface area contributed by atoms with E-state index >= 15 is 0 Å². The summed E-state index contributed by atoms with van der Waals surface area (Å²) in [5.41, 5.74) is 0.861. The van der Waals surface area contributed by atoms with Gasteiger partial charge in [0.05, 0.1) is 0 Å². The smallest absolute Gasteiger partial charge is 0.0294 e. The van der Waals surface area contributed by atoms with Gasteiger partial charge < -0.3 is 0 Å². The van der Waals surface area contributed by atoms with E-state index < -0.39 is 0 Å². The highest BCUT2D eigenvalue weighted by atomic mass is 14.6. The minimum Gasteiger partial charge on any atom is -0.0594 e. The minimum absolute atomic E-state index is 0.861. The molecular formula is C7H12. The molecule has 2 aliphatic carbocycles. The molecule has 2 fully saturated rings. The molecule has 0 amide bonds. The lowest BCUT2D eigenvalue weighted by molar-refractivity contribution is 0.547. The van der Waals surface area contributed by atoms with Crippen LogP contribution in [0.5, 0.6) is 0 Å². The molecule has 0 aliphatic heterocycles. The van der Waals surface area contributed by atoms with Crippen molar-refractivity contribution in [1.29, 1.82) is 0 Å². The van der Waals surface area contributed by atoms with Gasteiger partial charge >= 0.3 is 0 Å². The summed E-state index contributed by atoms with van der Waals surface area (Å²) in [6.07, 6.45) is 6.13. The van der Waals surface area contributed by atoms with Gasteiger partial charge in [-0.15, -0.1) is 0 Å². The normalized spacial score (nSPS) is 57.0. The van der Waals surface area contributed by atoms with Gasteiger partial charge in [-0.3, -0.25) is 0 Å². The summed E-state index contributed by atoms with van der Waals surface area (Å²) in [5, 5.41) is 0. The molecule has 0 aromatic carbocycles. The topological polar surface area (TPSA) is 0 Å². The van der Waals surface area contributed by atoms with Crippen LogP contribution in [0.25, 0.3) is 0 Å². The van der Waals surface area contributed by atoms with Crippen molar-refractivity contribution in [1.82, 2.24) is 0 Å². The predicted molar refractivity (Wildman–Crippen MR) is 30.1 cm³/mol. The molecule has 2 aliphatic rings. The van der Waals surface area contributed by atoms with Gasteiger partial charge in [0.25, 0.3) is 0 Å². The summed E-state index contributed by atoms with van der Waals surface area (Å²) in [5.74, 6) is 1.16. The molecule has 2 rings (SSSR count). The van der Waals surface area contributed by atoms with E-state index in [1.54, 1.807) is 6.42 Å². The zero-order valence-electron chi connectivity index (χ0n) is 4.91. The van der Waals surface area contributed by atoms with E-state index in [9.17, 15) is 0 Å². The molecule has 0 radical (unpaired) electrons. The van der Waals surface area contributed by atoms with E-state index in [2.05, 4.69) is 6.92 Å². The maximum absolute atomic E-state index is 2.44. The Balaban J connectivity index is 2.17. The van der Waals surface area contributed by atoms with Crippen LogP contribution in [0, 0.1) is 11.3 Å². The van der Waals surface area contributed by atoms with Gasteiger partial charge in [0.1, 0.15) is 0 Å². The van der Waals surface area contributed by atoms with Crippen molar-refractivity contribution in [3.05, 3.63) is 0 Å². The first kappa shape index (κ1) is 3.94. The van der Waals surface area contributed by atoms with E-state index in [-0.39, 0.29) is 0 Å². The van der Waals surface area contributed by atoms with Crippen molar-refractivity contribution in [2.24, 2.45) is 11.3 Å². The predicted octanol–water partition coefficient (Wildman–Crippen LogP) is 2.20. The maximum atomic E-state index is 2.44. The third kappa shape index (κ3) is 0.375. The molecule has 0 saturated heterocycles. The van der Waals surface area contributed by atoms with Gasteiger partial charge in [-0.1, -0.05) is 13.3 Å². The molecule has 2 saturated carbocycles. The highest BCUT2D eigenvalue weighted by Crippen LogP contribution is 2.62. The van der Waals surface area contributed by atoms with Crippen LogP contribution in [0.2, 0.25) is 0 Å². The highest BCUT2D eigenvalue weighted by Gasteiger charge is 2.52. The van der Waals surface area contributed by atoms with Gasteiger partial charge in [-0.25, -0.2) is 0 Å². The SMILES string of the molecule is C[C@@]12CCC[C@H]1C2. The van der Waals surface area contributed by atoms with E-state index in [4.69, 9.17) is 0 Å². The Bertz CT molecular complexity index is 94.2. The standard InChI is InChI=1S/C7H12/c1-7-4-2-3-6(7)5-7/h6H,2-5H2,1H3/t6-,7-/m0/s1. The monoisotopic (exact) mass is 96.1 g/mol. The molecule has 0 heteroatoms. The Hall–Kier alpha value is 0. The number of fused-ring (bicyclic) bond motifs is 1. The molecule has 0 unspecified atom stereocenters. The molecule has 0 spiro atoms. The van der Waals surface area contributed by atoms with E-state index in [1.165, 1.54) is 19.3 Å². The van der Waals surface area contributed by atoms with Crippen LogP contribution in [0.3, 0.4) is 0 Å². The second kappa shape index (κ2) is 0.888. The molecule has 2 atom stereocenters. The Kier molecular flexibility index (Phi) is 0.499. The van der Waals surface area contributed by atoms with Crippen molar-refractivity contribution in [3.63, 3.8) is 0 Å². The van der Waals surface area contributed by atoms with Crippen molar-refractivity contribution >= 4 is 0 Å². The van der Waals surface area contributed by atoms with Gasteiger partial charge in [-0.2, -0.15) is 0 Å². The summed E-state index contributed by atoms with van der Waals surface area (Å²) in [6.45, 7) is 2.44. The van der Waals surface area contributed by atoms with Crippen LogP contribution in [-0.2, 0) is 0 Å². The summed E-state index contributed by atoms with van der Waals surface area (Å²) < 4.78 is 0. The Morgan fingerprint density at radius 2 is 2.43 bits per heavy atom. The van der Waals surface area contributed by atoms with Crippen LogP contribution in [0.1, 0.15) is 32.6 Å². The van der Waals surface area contributed by atoms with Gasteiger partial charge in [0.2, 0.25) is 0 Å². The fraction of sp³-hybridized carbons (Fsp3) is 1.00. The fourth-order valence-electron chi connectivity index (χ4n) is 2.01. The Morgan fingerprint density at radius 3 is 2.57 bits per heavy atom. The zero-order valence-corrected chi connectivity index (χ0v) is 4.91. The minimum atomic E-state index is 0.861. The zero-order chi connectivity index (χ0) is 4.91. The van der Waals surface area contributed by atoms with E-state index in [0.717, 1.165) is 11.3 Å². The second-order valence-electron chi connectivity index (χ2n) is 3.45. The highest BCUT2D eigenvalue weighted by molar-refractivity contribution is 5.02. The Morgan fingerprint density at radius 1 is 1.57 bits per heavy atom. The average molecular weight is 96.2 g/mol. The third-order valence-electron chi connectivity index (χ3n) is 2.84. The van der Waals surface area contributed by atoms with Crippen molar-refractivity contribution < 1.29 is 0 Å². The number of rotatable bonds is 0.